The molecule has 0 nitrogen and oxygen atoms in total. The summed E-state index contributed by atoms with van der Waals surface area (Å²) >= 11 is 5.64. The van der Waals surface area contributed by atoms with Crippen LogP contribution >= 0.6 is 11.6 Å². The van der Waals surface area contributed by atoms with Crippen molar-refractivity contribution in [1.29, 1.82) is 0 Å². The molecule has 0 spiro atoms. The predicted octanol–water partition coefficient (Wildman–Crippen LogP) is 3.15. The lowest BCUT2D eigenvalue weighted by molar-refractivity contribution is 1.25. The van der Waals surface area contributed by atoms with Gasteiger partial charge in [0.05, 0.1) is 0 Å². The Balaban J connectivity index is 2.74. The first-order chi connectivity index (χ1) is 5.36. The van der Waals surface area contributed by atoms with Gasteiger partial charge in [0.1, 0.15) is 0 Å². The second kappa shape index (κ2) is 4.20. The van der Waals surface area contributed by atoms with Crippen LogP contribution in [0.5, 0.6) is 0 Å². The van der Waals surface area contributed by atoms with Crippen LogP contribution < -0.4 is 0 Å². The van der Waals surface area contributed by atoms with E-state index in [0.29, 0.717) is 5.88 Å². The lowest BCUT2D eigenvalue weighted by Gasteiger charge is -1.97. The molecule has 0 aromatic heterocycles. The molecule has 0 saturated heterocycles. The normalized spacial score (nSPS) is 9.55. The van der Waals surface area contributed by atoms with E-state index in [0.717, 1.165) is 6.42 Å². The third kappa shape index (κ3) is 2.39. The molecule has 1 aromatic rings. The Bertz CT molecular complexity index is 223. The van der Waals surface area contributed by atoms with E-state index in [4.69, 9.17) is 11.6 Å². The average Bonchev–Trinajstić information content (AvgIpc) is 2.07. The zero-order valence-electron chi connectivity index (χ0n) is 6.39. The van der Waals surface area contributed by atoms with E-state index in [1.165, 1.54) is 11.1 Å². The molecule has 1 heteroatoms. The monoisotopic (exact) mass is 166 g/mol. The van der Waals surface area contributed by atoms with Crippen molar-refractivity contribution in [1.82, 2.24) is 0 Å². The van der Waals surface area contributed by atoms with Crippen molar-refractivity contribution >= 4 is 11.6 Å². The molecule has 58 valence electrons. The van der Waals surface area contributed by atoms with Gasteiger partial charge < -0.3 is 0 Å². The summed E-state index contributed by atoms with van der Waals surface area (Å²) in [6, 6.07) is 8.26. The van der Waals surface area contributed by atoms with Gasteiger partial charge in [-0.1, -0.05) is 30.3 Å². The Morgan fingerprint density at radius 2 is 1.73 bits per heavy atom. The maximum atomic E-state index is 5.64. The molecular formula is C10H11Cl. The molecule has 0 bridgehead atoms. The van der Waals surface area contributed by atoms with Crippen LogP contribution in [0.1, 0.15) is 11.1 Å². The van der Waals surface area contributed by atoms with Crippen molar-refractivity contribution in [3.8, 4) is 0 Å². The van der Waals surface area contributed by atoms with Crippen molar-refractivity contribution in [2.24, 2.45) is 0 Å². The fourth-order valence-electron chi connectivity index (χ4n) is 0.931. The lowest BCUT2D eigenvalue weighted by atomic mass is 10.1. The van der Waals surface area contributed by atoms with Gasteiger partial charge in [-0.3, -0.25) is 0 Å². The van der Waals surface area contributed by atoms with Gasteiger partial charge in [-0.15, -0.1) is 18.2 Å². The van der Waals surface area contributed by atoms with Crippen molar-refractivity contribution in [3.63, 3.8) is 0 Å². The Hall–Kier alpha value is -0.750. The number of hydrogen-bond acceptors (Lipinski definition) is 0. The van der Waals surface area contributed by atoms with Crippen LogP contribution in [0.15, 0.2) is 36.9 Å². The van der Waals surface area contributed by atoms with Gasteiger partial charge in [-0.05, 0) is 17.5 Å². The van der Waals surface area contributed by atoms with Crippen molar-refractivity contribution < 1.29 is 0 Å². The van der Waals surface area contributed by atoms with Crippen molar-refractivity contribution in [2.75, 3.05) is 0 Å². The molecule has 0 aliphatic rings. The Labute approximate surface area is 72.5 Å². The molecule has 0 radical (unpaired) electrons. The van der Waals surface area contributed by atoms with Crippen LogP contribution in [0, 0.1) is 0 Å². The molecular weight excluding hydrogens is 156 g/mol. The minimum absolute atomic E-state index is 0.592. The Morgan fingerprint density at radius 1 is 1.18 bits per heavy atom. The molecule has 0 aliphatic carbocycles. The SMILES string of the molecule is C=CCc1ccc(CCl)cc1. The number of hydrogen-bond donors (Lipinski definition) is 0. The van der Waals surface area contributed by atoms with E-state index in [1.807, 2.05) is 18.2 Å². The highest BCUT2D eigenvalue weighted by Gasteiger charge is 1.90. The number of allylic oxidation sites excluding steroid dienone is 1. The number of alkyl halides is 1. The van der Waals surface area contributed by atoms with Crippen LogP contribution in [0.25, 0.3) is 0 Å². The summed E-state index contributed by atoms with van der Waals surface area (Å²) in [6.07, 6.45) is 2.83. The lowest BCUT2D eigenvalue weighted by Crippen LogP contribution is -1.81. The number of benzene rings is 1. The van der Waals surface area contributed by atoms with Crippen LogP contribution in [-0.4, -0.2) is 0 Å². The van der Waals surface area contributed by atoms with Gasteiger partial charge in [0, 0.05) is 5.88 Å². The van der Waals surface area contributed by atoms with E-state index >= 15 is 0 Å². The summed E-state index contributed by atoms with van der Waals surface area (Å²) in [5, 5.41) is 0. The maximum Gasteiger partial charge on any atom is 0.0474 e. The van der Waals surface area contributed by atoms with Crippen LogP contribution in [0.3, 0.4) is 0 Å². The summed E-state index contributed by atoms with van der Waals surface area (Å²) in [5.74, 6) is 0.592. The quantitative estimate of drug-likeness (QED) is 0.478. The van der Waals surface area contributed by atoms with Crippen LogP contribution in [0.2, 0.25) is 0 Å². The van der Waals surface area contributed by atoms with E-state index in [-0.39, 0.29) is 0 Å². The summed E-state index contributed by atoms with van der Waals surface area (Å²) < 4.78 is 0. The fourth-order valence-corrected chi connectivity index (χ4v) is 1.11. The second-order valence-corrected chi connectivity index (χ2v) is 2.71. The molecule has 0 amide bonds. The molecule has 0 N–H and O–H groups in total. The zero-order valence-corrected chi connectivity index (χ0v) is 7.14. The van der Waals surface area contributed by atoms with Gasteiger partial charge in [-0.25, -0.2) is 0 Å². The summed E-state index contributed by atoms with van der Waals surface area (Å²) in [6.45, 7) is 3.67. The highest BCUT2D eigenvalue weighted by atomic mass is 35.5. The van der Waals surface area contributed by atoms with Gasteiger partial charge >= 0.3 is 0 Å². The standard InChI is InChI=1S/C10H11Cl/c1-2-3-9-4-6-10(8-11)7-5-9/h2,4-7H,1,3,8H2. The van der Waals surface area contributed by atoms with E-state index in [9.17, 15) is 0 Å². The smallest absolute Gasteiger partial charge is 0.0474 e. The molecule has 0 fully saturated rings. The van der Waals surface area contributed by atoms with E-state index in [2.05, 4.69) is 18.7 Å². The molecule has 1 aromatic carbocycles. The van der Waals surface area contributed by atoms with Crippen molar-refractivity contribution in [2.45, 2.75) is 12.3 Å². The average molecular weight is 167 g/mol. The second-order valence-electron chi connectivity index (χ2n) is 2.44. The largest absolute Gasteiger partial charge is 0.122 e. The molecule has 0 saturated carbocycles. The fraction of sp³-hybridized carbons (Fsp3) is 0.200. The summed E-state index contributed by atoms with van der Waals surface area (Å²) in [7, 11) is 0. The molecule has 11 heavy (non-hydrogen) atoms. The first-order valence-electron chi connectivity index (χ1n) is 3.61. The first-order valence-corrected chi connectivity index (χ1v) is 4.15. The molecule has 0 atom stereocenters. The minimum atomic E-state index is 0.592. The van der Waals surface area contributed by atoms with Gasteiger partial charge in [0.25, 0.3) is 0 Å². The summed E-state index contributed by atoms with van der Waals surface area (Å²) in [5.41, 5.74) is 2.45. The maximum absolute atomic E-state index is 5.64. The Morgan fingerprint density at radius 3 is 2.18 bits per heavy atom. The van der Waals surface area contributed by atoms with E-state index < -0.39 is 0 Å². The topological polar surface area (TPSA) is 0 Å². The number of halogens is 1. The zero-order chi connectivity index (χ0) is 8.10. The number of rotatable bonds is 3. The minimum Gasteiger partial charge on any atom is -0.122 e. The molecule has 0 aliphatic heterocycles. The first kappa shape index (κ1) is 8.35. The van der Waals surface area contributed by atoms with Gasteiger partial charge in [0.2, 0.25) is 0 Å². The van der Waals surface area contributed by atoms with Gasteiger partial charge in [0.15, 0.2) is 0 Å². The van der Waals surface area contributed by atoms with Gasteiger partial charge in [-0.2, -0.15) is 0 Å². The Kier molecular flexibility index (Phi) is 3.18. The highest BCUT2D eigenvalue weighted by Crippen LogP contribution is 2.07. The van der Waals surface area contributed by atoms with Crippen LogP contribution in [-0.2, 0) is 12.3 Å². The third-order valence-electron chi connectivity index (χ3n) is 1.56. The molecule has 0 heterocycles. The van der Waals surface area contributed by atoms with Crippen LogP contribution in [0.4, 0.5) is 0 Å². The highest BCUT2D eigenvalue weighted by molar-refractivity contribution is 6.17. The molecule has 1 rings (SSSR count). The summed E-state index contributed by atoms with van der Waals surface area (Å²) in [4.78, 5) is 0. The third-order valence-corrected chi connectivity index (χ3v) is 1.87. The predicted molar refractivity (Wildman–Crippen MR) is 49.9 cm³/mol. The van der Waals surface area contributed by atoms with E-state index in [1.54, 1.807) is 0 Å². The van der Waals surface area contributed by atoms with Crippen molar-refractivity contribution in [3.05, 3.63) is 48.0 Å². The molecule has 0 unspecified atom stereocenters.